The second-order valence-electron chi connectivity index (χ2n) is 7.21. The quantitative estimate of drug-likeness (QED) is 0.607. The largest absolute Gasteiger partial charge is 0.341 e. The molecule has 0 fully saturated rings. The van der Waals surface area contributed by atoms with Crippen LogP contribution in [0.15, 0.2) is 33.5 Å². The van der Waals surface area contributed by atoms with E-state index in [2.05, 4.69) is 36.4 Å². The van der Waals surface area contributed by atoms with E-state index in [1.807, 2.05) is 38.1 Å². The first kappa shape index (κ1) is 16.1. The summed E-state index contributed by atoms with van der Waals surface area (Å²) < 4.78 is 0.921. The summed E-state index contributed by atoms with van der Waals surface area (Å²) in [6.45, 7) is 4.06. The van der Waals surface area contributed by atoms with Gasteiger partial charge in [-0.15, -0.1) is 0 Å². The number of halogens is 1. The highest BCUT2D eigenvalue weighted by Gasteiger charge is 2.34. The fourth-order valence-electron chi connectivity index (χ4n) is 3.41. The molecule has 0 saturated carbocycles. The average Bonchev–Trinajstić information content (AvgIpc) is 2.88. The number of anilines is 2. The normalized spacial score (nSPS) is 16.0. The van der Waals surface area contributed by atoms with Crippen LogP contribution in [0.2, 0.25) is 0 Å². The summed E-state index contributed by atoms with van der Waals surface area (Å²) in [5, 5.41) is 10.6. The van der Waals surface area contributed by atoms with E-state index >= 15 is 0 Å². The molecule has 6 nitrogen and oxygen atoms in total. The third-order valence-electron chi connectivity index (χ3n) is 4.46. The number of hydrogen-bond acceptors (Lipinski definition) is 4. The van der Waals surface area contributed by atoms with Crippen molar-refractivity contribution in [3.05, 3.63) is 50.2 Å². The third kappa shape index (κ3) is 2.78. The maximum atomic E-state index is 13.0. The maximum absolute atomic E-state index is 13.0. The molecule has 4 rings (SSSR count). The van der Waals surface area contributed by atoms with Crippen LogP contribution in [-0.2, 0) is 6.42 Å². The highest BCUT2D eigenvalue weighted by molar-refractivity contribution is 9.10. The average molecular weight is 401 g/mol. The van der Waals surface area contributed by atoms with E-state index in [0.29, 0.717) is 35.4 Å². The van der Waals surface area contributed by atoms with E-state index in [1.54, 1.807) is 0 Å². The molecule has 1 aromatic carbocycles. The Morgan fingerprint density at radius 2 is 2.04 bits per heavy atom. The maximum Gasteiger partial charge on any atom is 0.205 e. The molecule has 0 saturated heterocycles. The number of nitrogens with zero attached hydrogens (tertiary/aromatic N) is 1. The molecule has 0 radical (unpaired) electrons. The van der Waals surface area contributed by atoms with Crippen LogP contribution < -0.4 is 10.7 Å². The lowest BCUT2D eigenvalue weighted by molar-refractivity contribution is 0.0909. The fourth-order valence-corrected chi connectivity index (χ4v) is 3.81. The Morgan fingerprint density at radius 3 is 2.80 bits per heavy atom. The number of nitrogens with one attached hydrogen (secondary N) is 3. The van der Waals surface area contributed by atoms with E-state index in [-0.39, 0.29) is 22.2 Å². The number of Topliss-reactive ketones (excluding diaryl/α,β-unsaturated/α-hetero) is 1. The van der Waals surface area contributed by atoms with Crippen LogP contribution in [0, 0.1) is 5.41 Å². The number of hydrogen-bond donors (Lipinski definition) is 3. The van der Waals surface area contributed by atoms with E-state index in [4.69, 9.17) is 0 Å². The molecule has 2 heterocycles. The van der Waals surface area contributed by atoms with Gasteiger partial charge in [0.2, 0.25) is 5.43 Å². The van der Waals surface area contributed by atoms with Gasteiger partial charge < -0.3 is 10.3 Å². The van der Waals surface area contributed by atoms with Gasteiger partial charge in [-0.2, -0.15) is 5.10 Å². The second-order valence-corrected chi connectivity index (χ2v) is 8.12. The lowest BCUT2D eigenvalue weighted by Gasteiger charge is -2.29. The van der Waals surface area contributed by atoms with Crippen molar-refractivity contribution in [2.45, 2.75) is 26.7 Å². The molecule has 1 aliphatic rings. The van der Waals surface area contributed by atoms with Crippen molar-refractivity contribution in [2.75, 3.05) is 5.32 Å². The Hall–Kier alpha value is -2.41. The van der Waals surface area contributed by atoms with Gasteiger partial charge in [-0.05, 0) is 30.0 Å². The molecule has 3 N–H and O–H groups in total. The molecule has 25 heavy (non-hydrogen) atoms. The van der Waals surface area contributed by atoms with E-state index in [0.717, 1.165) is 10.2 Å². The van der Waals surface area contributed by atoms with Crippen LogP contribution >= 0.6 is 15.9 Å². The Kier molecular flexibility index (Phi) is 3.57. The highest BCUT2D eigenvalue weighted by Crippen LogP contribution is 2.34. The van der Waals surface area contributed by atoms with Crippen molar-refractivity contribution in [3.63, 3.8) is 0 Å². The number of H-pyrrole nitrogens is 2. The first-order valence-electron chi connectivity index (χ1n) is 8.03. The molecule has 0 amide bonds. The summed E-state index contributed by atoms with van der Waals surface area (Å²) in [7, 11) is 0. The molecular weight excluding hydrogens is 384 g/mol. The molecule has 2 aromatic heterocycles. The first-order chi connectivity index (χ1) is 11.8. The molecule has 3 aromatic rings. The molecule has 0 spiro atoms. The summed E-state index contributed by atoms with van der Waals surface area (Å²) in [4.78, 5) is 28.7. The fraction of sp³-hybridized carbons (Fsp3) is 0.278. The van der Waals surface area contributed by atoms with Crippen molar-refractivity contribution in [1.29, 1.82) is 0 Å². The predicted molar refractivity (Wildman–Crippen MR) is 101 cm³/mol. The Bertz CT molecular complexity index is 1060. The number of ketones is 1. The molecule has 0 atom stereocenters. The van der Waals surface area contributed by atoms with Crippen LogP contribution in [-0.4, -0.2) is 21.0 Å². The molecule has 0 unspecified atom stereocenters. The SMILES string of the molecule is CC1(C)CC(=O)c2c([nH]c3n[nH]c(Nc4cccc(Br)c4)c3c2=O)C1. The summed E-state index contributed by atoms with van der Waals surface area (Å²) in [6.07, 6.45) is 1.03. The van der Waals surface area contributed by atoms with Crippen LogP contribution in [0.3, 0.4) is 0 Å². The topological polar surface area (TPSA) is 90.6 Å². The Morgan fingerprint density at radius 1 is 1.24 bits per heavy atom. The number of carbonyl (C=O) groups excluding carboxylic acids is 1. The Labute approximate surface area is 152 Å². The molecule has 128 valence electrons. The van der Waals surface area contributed by atoms with Gasteiger partial charge in [0.1, 0.15) is 11.2 Å². The highest BCUT2D eigenvalue weighted by atomic mass is 79.9. The molecular formula is C18H17BrN4O2. The van der Waals surface area contributed by atoms with Crippen molar-refractivity contribution >= 4 is 44.3 Å². The minimum Gasteiger partial charge on any atom is -0.341 e. The molecule has 1 aliphatic carbocycles. The first-order valence-corrected chi connectivity index (χ1v) is 8.82. The van der Waals surface area contributed by atoms with Crippen LogP contribution in [0.4, 0.5) is 11.5 Å². The number of rotatable bonds is 2. The van der Waals surface area contributed by atoms with Gasteiger partial charge in [-0.3, -0.25) is 14.7 Å². The molecule has 7 heteroatoms. The number of aromatic nitrogens is 3. The Balaban J connectivity index is 1.86. The van der Waals surface area contributed by atoms with Gasteiger partial charge in [-0.1, -0.05) is 35.8 Å². The standard InChI is InChI=1S/C18H17BrN4O2/c1-18(2)7-11-13(12(24)8-18)15(25)14-16(22-23-17(14)21-11)20-10-5-3-4-9(19)6-10/h3-6H,7-8H2,1-2H3,(H3,20,21,22,23,25). The lowest BCUT2D eigenvalue weighted by atomic mass is 9.75. The van der Waals surface area contributed by atoms with E-state index in [9.17, 15) is 9.59 Å². The number of carbonyl (C=O) groups is 1. The van der Waals surface area contributed by atoms with Crippen molar-refractivity contribution in [1.82, 2.24) is 15.2 Å². The number of aromatic amines is 2. The summed E-state index contributed by atoms with van der Waals surface area (Å²) >= 11 is 3.42. The summed E-state index contributed by atoms with van der Waals surface area (Å²) in [5.74, 6) is 0.374. The predicted octanol–water partition coefficient (Wildman–Crippen LogP) is 3.91. The van der Waals surface area contributed by atoms with Crippen molar-refractivity contribution in [3.8, 4) is 0 Å². The molecule has 0 aliphatic heterocycles. The van der Waals surface area contributed by atoms with E-state index < -0.39 is 0 Å². The smallest absolute Gasteiger partial charge is 0.205 e. The van der Waals surface area contributed by atoms with Gasteiger partial charge in [0.15, 0.2) is 11.4 Å². The van der Waals surface area contributed by atoms with Gasteiger partial charge >= 0.3 is 0 Å². The van der Waals surface area contributed by atoms with Gasteiger partial charge in [0.25, 0.3) is 0 Å². The van der Waals surface area contributed by atoms with Gasteiger partial charge in [0.05, 0.1) is 5.56 Å². The zero-order chi connectivity index (χ0) is 17.8. The van der Waals surface area contributed by atoms with E-state index in [1.165, 1.54) is 0 Å². The number of fused-ring (bicyclic) bond motifs is 2. The molecule has 0 bridgehead atoms. The zero-order valence-corrected chi connectivity index (χ0v) is 15.5. The van der Waals surface area contributed by atoms with Crippen molar-refractivity contribution < 1.29 is 4.79 Å². The second kappa shape index (κ2) is 5.56. The van der Waals surface area contributed by atoms with Gasteiger partial charge in [-0.25, -0.2) is 0 Å². The third-order valence-corrected chi connectivity index (χ3v) is 4.95. The number of pyridine rings is 1. The van der Waals surface area contributed by atoms with Crippen molar-refractivity contribution in [2.24, 2.45) is 5.41 Å². The van der Waals surface area contributed by atoms with Crippen LogP contribution in [0.5, 0.6) is 0 Å². The van der Waals surface area contributed by atoms with Crippen LogP contribution in [0.1, 0.15) is 36.3 Å². The summed E-state index contributed by atoms with van der Waals surface area (Å²) in [6, 6.07) is 7.59. The number of benzene rings is 1. The monoisotopic (exact) mass is 400 g/mol. The summed E-state index contributed by atoms with van der Waals surface area (Å²) in [5.41, 5.74) is 1.80. The lowest BCUT2D eigenvalue weighted by Crippen LogP contribution is -2.32. The van der Waals surface area contributed by atoms with Gasteiger partial charge in [0, 0.05) is 22.3 Å². The minimum absolute atomic E-state index is 0.107. The van der Waals surface area contributed by atoms with Crippen LogP contribution in [0.25, 0.3) is 11.0 Å². The minimum atomic E-state index is -0.268. The zero-order valence-electron chi connectivity index (χ0n) is 13.9.